The number of nitrogens with zero attached hydrogens (tertiary/aromatic N) is 1. The number of benzene rings is 1. The van der Waals surface area contributed by atoms with E-state index in [0.29, 0.717) is 10.9 Å². The number of hydrogen-bond donors (Lipinski definition) is 0. The van der Waals surface area contributed by atoms with Crippen LogP contribution in [0.4, 0.5) is 0 Å². The highest BCUT2D eigenvalue weighted by Crippen LogP contribution is 2.50. The Balaban J connectivity index is 2.45. The van der Waals surface area contributed by atoms with Gasteiger partial charge < -0.3 is 0 Å². The predicted octanol–water partition coefficient (Wildman–Crippen LogP) is 3.79. The molecule has 0 aliphatic heterocycles. The van der Waals surface area contributed by atoms with Gasteiger partial charge in [-0.2, -0.15) is 4.99 Å². The van der Waals surface area contributed by atoms with E-state index in [1.807, 2.05) is 12.1 Å². The normalized spacial score (nSPS) is 17.0. The zero-order valence-corrected chi connectivity index (χ0v) is 10.2. The zero-order chi connectivity index (χ0) is 11.8. The molecule has 0 heterocycles. The van der Waals surface area contributed by atoms with E-state index in [0.717, 1.165) is 18.4 Å². The third-order valence-corrected chi connectivity index (χ3v) is 3.33. The molecule has 0 aromatic heterocycles. The van der Waals surface area contributed by atoms with E-state index in [4.69, 9.17) is 11.6 Å². The first-order valence-corrected chi connectivity index (χ1v) is 5.85. The van der Waals surface area contributed by atoms with Gasteiger partial charge >= 0.3 is 0 Å². The third kappa shape index (κ3) is 2.04. The van der Waals surface area contributed by atoms with Gasteiger partial charge in [0.25, 0.3) is 0 Å². The maximum absolute atomic E-state index is 10.4. The van der Waals surface area contributed by atoms with Gasteiger partial charge in [-0.3, -0.25) is 0 Å². The minimum atomic E-state index is -0.323. The first-order valence-electron chi connectivity index (χ1n) is 5.47. The Labute approximate surface area is 100 Å². The van der Waals surface area contributed by atoms with Crippen LogP contribution in [0.25, 0.3) is 0 Å². The van der Waals surface area contributed by atoms with Crippen molar-refractivity contribution in [2.75, 3.05) is 0 Å². The van der Waals surface area contributed by atoms with E-state index in [9.17, 15) is 4.79 Å². The lowest BCUT2D eigenvalue weighted by Crippen LogP contribution is -2.03. The van der Waals surface area contributed by atoms with Gasteiger partial charge in [0.2, 0.25) is 6.08 Å². The average Bonchev–Trinajstić information content (AvgIpc) is 2.98. The molecule has 0 bridgehead atoms. The topological polar surface area (TPSA) is 29.4 Å². The molecule has 2 nitrogen and oxygen atoms in total. The van der Waals surface area contributed by atoms with E-state index in [2.05, 4.69) is 24.9 Å². The maximum atomic E-state index is 10.4. The lowest BCUT2D eigenvalue weighted by Gasteiger charge is -2.13. The molecule has 0 saturated heterocycles. The summed E-state index contributed by atoms with van der Waals surface area (Å²) >= 11 is 6.09. The summed E-state index contributed by atoms with van der Waals surface area (Å²) in [6.07, 6.45) is 3.50. The molecule has 1 aromatic rings. The van der Waals surface area contributed by atoms with Crippen molar-refractivity contribution in [2.45, 2.75) is 38.1 Å². The van der Waals surface area contributed by atoms with Crippen molar-refractivity contribution < 1.29 is 4.79 Å². The molecular formula is C13H14ClNO. The lowest BCUT2D eigenvalue weighted by molar-refractivity contribution is 0.556. The third-order valence-electron chi connectivity index (χ3n) is 3.11. The molecule has 3 heteroatoms. The first kappa shape index (κ1) is 11.4. The van der Waals surface area contributed by atoms with Crippen LogP contribution >= 0.6 is 11.6 Å². The number of hydrogen-bond acceptors (Lipinski definition) is 2. The summed E-state index contributed by atoms with van der Waals surface area (Å²) in [5.74, 6) is 0.425. The number of halogens is 1. The van der Waals surface area contributed by atoms with Crippen molar-refractivity contribution in [3.05, 3.63) is 34.3 Å². The smallest absolute Gasteiger partial charge is 0.211 e. The Morgan fingerprint density at radius 3 is 2.56 bits per heavy atom. The largest absolute Gasteiger partial charge is 0.235 e. The maximum Gasteiger partial charge on any atom is 0.235 e. The van der Waals surface area contributed by atoms with Gasteiger partial charge in [-0.05, 0) is 42.0 Å². The molecule has 0 radical (unpaired) electrons. The van der Waals surface area contributed by atoms with Crippen LogP contribution in [0.5, 0.6) is 0 Å². The summed E-state index contributed by atoms with van der Waals surface area (Å²) < 4.78 is 0. The van der Waals surface area contributed by atoms with Gasteiger partial charge in [0.05, 0.1) is 5.54 Å². The highest BCUT2D eigenvalue weighted by Gasteiger charge is 2.45. The number of aliphatic imine (C=N–C) groups is 1. The Morgan fingerprint density at radius 2 is 2.06 bits per heavy atom. The fourth-order valence-corrected chi connectivity index (χ4v) is 2.13. The quantitative estimate of drug-likeness (QED) is 0.579. The first-order chi connectivity index (χ1) is 7.57. The molecule has 0 unspecified atom stereocenters. The molecule has 0 atom stereocenters. The molecule has 1 saturated carbocycles. The summed E-state index contributed by atoms with van der Waals surface area (Å²) in [5.41, 5.74) is 1.91. The van der Waals surface area contributed by atoms with Crippen LogP contribution in [0.15, 0.2) is 23.2 Å². The molecule has 1 aromatic carbocycles. The van der Waals surface area contributed by atoms with Crippen LogP contribution in [-0.2, 0) is 10.3 Å². The van der Waals surface area contributed by atoms with Gasteiger partial charge in [0.15, 0.2) is 0 Å². The van der Waals surface area contributed by atoms with Crippen LogP contribution in [0, 0.1) is 0 Å². The van der Waals surface area contributed by atoms with E-state index < -0.39 is 0 Å². The molecule has 0 N–H and O–H groups in total. The van der Waals surface area contributed by atoms with E-state index in [1.165, 1.54) is 5.56 Å². The van der Waals surface area contributed by atoms with E-state index >= 15 is 0 Å². The second-order valence-corrected chi connectivity index (χ2v) is 5.10. The Morgan fingerprint density at radius 1 is 1.38 bits per heavy atom. The molecule has 16 heavy (non-hydrogen) atoms. The standard InChI is InChI=1S/C13H14ClNO/c1-9(2)10-5-11(7-12(14)6-10)13(3-4-13)15-8-16/h5-7,9H,3-4H2,1-2H3. The highest BCUT2D eigenvalue weighted by atomic mass is 35.5. The van der Waals surface area contributed by atoms with Gasteiger partial charge in [-0.15, -0.1) is 0 Å². The fraction of sp³-hybridized carbons (Fsp3) is 0.462. The summed E-state index contributed by atoms with van der Waals surface area (Å²) in [4.78, 5) is 14.3. The van der Waals surface area contributed by atoms with Gasteiger partial charge in [0, 0.05) is 5.02 Å². The van der Waals surface area contributed by atoms with Crippen molar-refractivity contribution >= 4 is 17.7 Å². The van der Waals surface area contributed by atoms with Crippen LogP contribution < -0.4 is 0 Å². The van der Waals surface area contributed by atoms with Crippen LogP contribution in [0.2, 0.25) is 5.02 Å². The van der Waals surface area contributed by atoms with E-state index in [1.54, 1.807) is 6.08 Å². The minimum Gasteiger partial charge on any atom is -0.211 e. The number of carbonyl (C=O) groups excluding carboxylic acids is 1. The van der Waals surface area contributed by atoms with Crippen LogP contribution in [-0.4, -0.2) is 6.08 Å². The Kier molecular flexibility index (Phi) is 2.88. The molecule has 0 spiro atoms. The van der Waals surface area contributed by atoms with Crippen molar-refractivity contribution in [3.63, 3.8) is 0 Å². The zero-order valence-electron chi connectivity index (χ0n) is 9.46. The van der Waals surface area contributed by atoms with E-state index in [-0.39, 0.29) is 5.54 Å². The molecule has 1 fully saturated rings. The second-order valence-electron chi connectivity index (χ2n) is 4.66. The monoisotopic (exact) mass is 235 g/mol. The summed E-state index contributed by atoms with van der Waals surface area (Å²) in [5, 5.41) is 0.716. The van der Waals surface area contributed by atoms with Crippen molar-refractivity contribution in [3.8, 4) is 0 Å². The minimum absolute atomic E-state index is 0.323. The van der Waals surface area contributed by atoms with Crippen molar-refractivity contribution in [1.29, 1.82) is 0 Å². The van der Waals surface area contributed by atoms with Crippen molar-refractivity contribution in [2.24, 2.45) is 4.99 Å². The summed E-state index contributed by atoms with van der Waals surface area (Å²) in [6.45, 7) is 4.25. The van der Waals surface area contributed by atoms with Crippen LogP contribution in [0.3, 0.4) is 0 Å². The van der Waals surface area contributed by atoms with Gasteiger partial charge in [-0.1, -0.05) is 31.5 Å². The Hall–Kier alpha value is -1.11. The Bertz CT molecular complexity index is 457. The average molecular weight is 236 g/mol. The fourth-order valence-electron chi connectivity index (χ4n) is 1.89. The van der Waals surface area contributed by atoms with Gasteiger partial charge in [0.1, 0.15) is 0 Å². The molecule has 2 rings (SSSR count). The number of rotatable bonds is 3. The summed E-state index contributed by atoms with van der Waals surface area (Å²) in [6, 6.07) is 5.97. The molecule has 0 amide bonds. The molecular weight excluding hydrogens is 222 g/mol. The highest BCUT2D eigenvalue weighted by molar-refractivity contribution is 6.30. The molecule has 1 aliphatic rings. The predicted molar refractivity (Wildman–Crippen MR) is 64.6 cm³/mol. The molecule has 1 aliphatic carbocycles. The summed E-state index contributed by atoms with van der Waals surface area (Å²) in [7, 11) is 0. The molecule has 84 valence electrons. The van der Waals surface area contributed by atoms with Crippen molar-refractivity contribution in [1.82, 2.24) is 0 Å². The number of isocyanates is 1. The lowest BCUT2D eigenvalue weighted by atomic mass is 9.97. The second kappa shape index (κ2) is 4.04. The SMILES string of the molecule is CC(C)c1cc(Cl)cc(C2(N=C=O)CC2)c1. The van der Waals surface area contributed by atoms with Crippen LogP contribution in [0.1, 0.15) is 43.7 Å². The van der Waals surface area contributed by atoms with Gasteiger partial charge in [-0.25, -0.2) is 4.79 Å².